The number of halogens is 2. The largest absolute Gasteiger partial charge is 0.478 e. The molecule has 0 radical (unpaired) electrons. The third-order valence-corrected chi connectivity index (χ3v) is 3.50. The van der Waals surface area contributed by atoms with Gasteiger partial charge in [0.1, 0.15) is 16.2 Å². The second kappa shape index (κ2) is 4.94. The summed E-state index contributed by atoms with van der Waals surface area (Å²) in [4.78, 5) is 19.7. The molecule has 0 amide bonds. The van der Waals surface area contributed by atoms with E-state index in [1.165, 1.54) is 12.1 Å². The van der Waals surface area contributed by atoms with E-state index in [1.807, 2.05) is 0 Å². The molecule has 4 nitrogen and oxygen atoms in total. The van der Waals surface area contributed by atoms with E-state index in [9.17, 15) is 9.18 Å². The predicted octanol–water partition coefficient (Wildman–Crippen LogP) is 3.62. The van der Waals surface area contributed by atoms with Crippen LogP contribution in [-0.4, -0.2) is 21.0 Å². The minimum Gasteiger partial charge on any atom is -0.478 e. The lowest BCUT2D eigenvalue weighted by Gasteiger charge is -2.06. The van der Waals surface area contributed by atoms with Gasteiger partial charge in [-0.05, 0) is 53.0 Å². The Hall–Kier alpha value is -1.82. The van der Waals surface area contributed by atoms with E-state index in [4.69, 9.17) is 5.11 Å². The number of rotatable bonds is 3. The number of aromatic carboxylic acids is 1. The van der Waals surface area contributed by atoms with Crippen LogP contribution in [0.2, 0.25) is 0 Å². The van der Waals surface area contributed by atoms with E-state index in [0.29, 0.717) is 21.8 Å². The summed E-state index contributed by atoms with van der Waals surface area (Å²) in [7, 11) is 0. The topological polar surface area (TPSA) is 63.1 Å². The van der Waals surface area contributed by atoms with Crippen molar-refractivity contribution >= 4 is 21.9 Å². The Morgan fingerprint density at radius 2 is 2.00 bits per heavy atom. The van der Waals surface area contributed by atoms with Gasteiger partial charge in [0, 0.05) is 11.5 Å². The highest BCUT2D eigenvalue weighted by Gasteiger charge is 2.27. The molecule has 0 saturated heterocycles. The Morgan fingerprint density at radius 3 is 2.65 bits per heavy atom. The molecule has 6 heteroatoms. The molecule has 1 N–H and O–H groups in total. The Kier molecular flexibility index (Phi) is 3.25. The number of carboxylic acid groups (broad SMARTS) is 1. The molecule has 0 unspecified atom stereocenters. The summed E-state index contributed by atoms with van der Waals surface area (Å²) < 4.78 is 14.1. The summed E-state index contributed by atoms with van der Waals surface area (Å²) in [5, 5.41) is 8.98. The van der Waals surface area contributed by atoms with Gasteiger partial charge in [0.05, 0.1) is 11.3 Å². The minimum absolute atomic E-state index is 0.0947. The van der Waals surface area contributed by atoms with Gasteiger partial charge in [-0.25, -0.2) is 19.2 Å². The molecule has 20 heavy (non-hydrogen) atoms. The van der Waals surface area contributed by atoms with Crippen LogP contribution in [0.15, 0.2) is 28.9 Å². The van der Waals surface area contributed by atoms with Crippen molar-refractivity contribution in [3.05, 3.63) is 46.1 Å². The summed E-state index contributed by atoms with van der Waals surface area (Å²) >= 11 is 3.31. The summed E-state index contributed by atoms with van der Waals surface area (Å²) in [6.45, 7) is 0. The van der Waals surface area contributed by atoms with Crippen LogP contribution in [-0.2, 0) is 0 Å². The fourth-order valence-electron chi connectivity index (χ4n) is 1.97. The van der Waals surface area contributed by atoms with Crippen molar-refractivity contribution < 1.29 is 14.3 Å². The lowest BCUT2D eigenvalue weighted by atomic mass is 10.1. The highest BCUT2D eigenvalue weighted by molar-refractivity contribution is 9.10. The van der Waals surface area contributed by atoms with E-state index in [2.05, 4.69) is 25.9 Å². The highest BCUT2D eigenvalue weighted by atomic mass is 79.9. The van der Waals surface area contributed by atoms with Crippen LogP contribution >= 0.6 is 15.9 Å². The Balaban J connectivity index is 2.10. The Morgan fingerprint density at radius 1 is 1.25 bits per heavy atom. The standard InChI is InChI=1S/C14H10BrFN2O2/c15-12-6-11(17-13(18-12)7-1-2-7)8-3-9(14(19)20)5-10(16)4-8/h3-7H,1-2H2,(H,19,20). The Labute approximate surface area is 122 Å². The van der Waals surface area contributed by atoms with E-state index in [-0.39, 0.29) is 5.56 Å². The molecule has 1 aliphatic rings. The SMILES string of the molecule is O=C(O)c1cc(F)cc(-c2cc(Br)nc(C3CC3)n2)c1. The van der Waals surface area contributed by atoms with Crippen LogP contribution < -0.4 is 0 Å². The van der Waals surface area contributed by atoms with Crippen molar-refractivity contribution in [1.29, 1.82) is 0 Å². The third kappa shape index (κ3) is 2.70. The molecule has 1 aromatic heterocycles. The number of hydrogen-bond acceptors (Lipinski definition) is 3. The monoisotopic (exact) mass is 336 g/mol. The van der Waals surface area contributed by atoms with Gasteiger partial charge < -0.3 is 5.11 Å². The van der Waals surface area contributed by atoms with Crippen molar-refractivity contribution in [1.82, 2.24) is 9.97 Å². The molecule has 2 aromatic rings. The molecule has 0 aliphatic heterocycles. The first-order valence-corrected chi connectivity index (χ1v) is 6.91. The van der Waals surface area contributed by atoms with Gasteiger partial charge in [-0.3, -0.25) is 0 Å². The molecule has 1 heterocycles. The molecule has 3 rings (SSSR count). The van der Waals surface area contributed by atoms with Gasteiger partial charge in [0.25, 0.3) is 0 Å². The number of aromatic nitrogens is 2. The van der Waals surface area contributed by atoms with Gasteiger partial charge in [-0.15, -0.1) is 0 Å². The summed E-state index contributed by atoms with van der Waals surface area (Å²) in [6.07, 6.45) is 2.11. The molecular formula is C14H10BrFN2O2. The quantitative estimate of drug-likeness (QED) is 0.869. The first-order chi connectivity index (χ1) is 9.52. The van der Waals surface area contributed by atoms with Gasteiger partial charge in [0.2, 0.25) is 0 Å². The van der Waals surface area contributed by atoms with Gasteiger partial charge in [-0.1, -0.05) is 0 Å². The van der Waals surface area contributed by atoms with Gasteiger partial charge in [0.15, 0.2) is 0 Å². The highest BCUT2D eigenvalue weighted by Crippen LogP contribution is 2.39. The molecule has 0 bridgehead atoms. The van der Waals surface area contributed by atoms with Crippen LogP contribution in [0.3, 0.4) is 0 Å². The van der Waals surface area contributed by atoms with E-state index >= 15 is 0 Å². The smallest absolute Gasteiger partial charge is 0.335 e. The number of nitrogens with zero attached hydrogens (tertiary/aromatic N) is 2. The lowest BCUT2D eigenvalue weighted by molar-refractivity contribution is 0.0696. The number of benzene rings is 1. The molecule has 1 fully saturated rings. The molecule has 1 saturated carbocycles. The molecule has 1 aromatic carbocycles. The fraction of sp³-hybridized carbons (Fsp3) is 0.214. The van der Waals surface area contributed by atoms with Crippen LogP contribution in [0, 0.1) is 5.82 Å². The molecule has 1 aliphatic carbocycles. The van der Waals surface area contributed by atoms with E-state index in [1.54, 1.807) is 6.07 Å². The maximum absolute atomic E-state index is 13.5. The van der Waals surface area contributed by atoms with Crippen LogP contribution in [0.25, 0.3) is 11.3 Å². The fourth-order valence-corrected chi connectivity index (χ4v) is 2.37. The van der Waals surface area contributed by atoms with Crippen LogP contribution in [0.4, 0.5) is 4.39 Å². The molecular weight excluding hydrogens is 327 g/mol. The summed E-state index contributed by atoms with van der Waals surface area (Å²) in [5.41, 5.74) is 0.867. The van der Waals surface area contributed by atoms with Crippen LogP contribution in [0.1, 0.15) is 34.9 Å². The van der Waals surface area contributed by atoms with Crippen molar-refractivity contribution in [3.8, 4) is 11.3 Å². The first kappa shape index (κ1) is 13.2. The van der Waals surface area contributed by atoms with E-state index in [0.717, 1.165) is 24.7 Å². The maximum Gasteiger partial charge on any atom is 0.335 e. The maximum atomic E-state index is 13.5. The van der Waals surface area contributed by atoms with Crippen molar-refractivity contribution in [2.24, 2.45) is 0 Å². The van der Waals surface area contributed by atoms with Gasteiger partial charge in [-0.2, -0.15) is 0 Å². The zero-order valence-corrected chi connectivity index (χ0v) is 11.9. The number of carbonyl (C=O) groups is 1. The number of carboxylic acids is 1. The lowest BCUT2D eigenvalue weighted by Crippen LogP contribution is -2.00. The zero-order valence-electron chi connectivity index (χ0n) is 10.3. The predicted molar refractivity (Wildman–Crippen MR) is 74.1 cm³/mol. The summed E-state index contributed by atoms with van der Waals surface area (Å²) in [5.74, 6) is -0.682. The Bertz CT molecular complexity index is 702. The average Bonchev–Trinajstić information content (AvgIpc) is 3.21. The molecule has 0 atom stereocenters. The van der Waals surface area contributed by atoms with E-state index < -0.39 is 11.8 Å². The van der Waals surface area contributed by atoms with Gasteiger partial charge >= 0.3 is 5.97 Å². The minimum atomic E-state index is -1.17. The second-order valence-corrected chi connectivity index (χ2v) is 5.55. The third-order valence-electron chi connectivity index (χ3n) is 3.10. The van der Waals surface area contributed by atoms with Crippen LogP contribution in [0.5, 0.6) is 0 Å². The first-order valence-electron chi connectivity index (χ1n) is 6.11. The average molecular weight is 337 g/mol. The molecule has 102 valence electrons. The number of hydrogen-bond donors (Lipinski definition) is 1. The molecule has 0 spiro atoms. The van der Waals surface area contributed by atoms with Crippen molar-refractivity contribution in [2.75, 3.05) is 0 Å². The van der Waals surface area contributed by atoms with Crippen molar-refractivity contribution in [2.45, 2.75) is 18.8 Å². The normalized spacial score (nSPS) is 14.3. The second-order valence-electron chi connectivity index (χ2n) is 4.74. The summed E-state index contributed by atoms with van der Waals surface area (Å²) in [6, 6.07) is 5.34. The van der Waals surface area contributed by atoms with Crippen molar-refractivity contribution in [3.63, 3.8) is 0 Å². The zero-order chi connectivity index (χ0) is 14.3.